The van der Waals surface area contributed by atoms with Crippen LogP contribution in [0.4, 0.5) is 10.1 Å². The molecule has 176 valence electrons. The van der Waals surface area contributed by atoms with E-state index < -0.39 is 26.6 Å². The van der Waals surface area contributed by atoms with Crippen molar-refractivity contribution in [3.63, 3.8) is 0 Å². The lowest BCUT2D eigenvalue weighted by atomic mass is 10.2. The van der Waals surface area contributed by atoms with Crippen molar-refractivity contribution in [3.05, 3.63) is 41.3 Å². The van der Waals surface area contributed by atoms with E-state index in [4.69, 9.17) is 9.47 Å². The molecule has 2 aromatic heterocycles. The lowest BCUT2D eigenvalue weighted by Crippen LogP contribution is -2.40. The van der Waals surface area contributed by atoms with Gasteiger partial charge < -0.3 is 14.8 Å². The molecule has 0 atom stereocenters. The molecule has 1 amide bonds. The van der Waals surface area contributed by atoms with Crippen molar-refractivity contribution in [1.82, 2.24) is 19.1 Å². The second kappa shape index (κ2) is 9.04. The standard InChI is InChI=1S/C21H24FN5O5S/c1-13-10-14(2)23-20-19(13)21(25-26(20)3)32-12-18(28)24-15-4-5-16(22)17(11-15)33(29,30)27-6-8-31-9-7-27/h4-5,10-11H,6-9,12H2,1-3H3,(H,24,28). The zero-order valence-electron chi connectivity index (χ0n) is 18.5. The summed E-state index contributed by atoms with van der Waals surface area (Å²) in [5.74, 6) is -1.18. The van der Waals surface area contributed by atoms with E-state index in [1.54, 1.807) is 11.7 Å². The van der Waals surface area contributed by atoms with Crippen LogP contribution in [0.1, 0.15) is 11.3 Å². The Morgan fingerprint density at radius 3 is 2.70 bits per heavy atom. The molecule has 3 aromatic rings. The van der Waals surface area contributed by atoms with Crippen LogP contribution in [0.5, 0.6) is 5.88 Å². The van der Waals surface area contributed by atoms with Gasteiger partial charge >= 0.3 is 0 Å². The predicted molar refractivity (Wildman–Crippen MR) is 118 cm³/mol. The van der Waals surface area contributed by atoms with E-state index in [1.807, 2.05) is 19.9 Å². The molecule has 0 aliphatic carbocycles. The summed E-state index contributed by atoms with van der Waals surface area (Å²) in [6, 6.07) is 5.29. The molecule has 12 heteroatoms. The molecule has 1 aliphatic heterocycles. The smallest absolute Gasteiger partial charge is 0.262 e. The first-order chi connectivity index (χ1) is 15.7. The number of halogens is 1. The van der Waals surface area contributed by atoms with E-state index in [-0.39, 0.29) is 44.5 Å². The SMILES string of the molecule is Cc1cc(C)c2c(OCC(=O)Nc3ccc(F)c(S(=O)(=O)N4CCOCC4)c3)nn(C)c2n1. The Labute approximate surface area is 190 Å². The number of benzene rings is 1. The number of pyridine rings is 1. The molecule has 1 aliphatic rings. The number of hydrogen-bond acceptors (Lipinski definition) is 7. The van der Waals surface area contributed by atoms with Crippen LogP contribution in [0, 0.1) is 19.7 Å². The number of carbonyl (C=O) groups is 1. The maximum Gasteiger partial charge on any atom is 0.262 e. The number of morpholine rings is 1. The predicted octanol–water partition coefficient (Wildman–Crippen LogP) is 1.76. The van der Waals surface area contributed by atoms with Crippen molar-refractivity contribution in [1.29, 1.82) is 0 Å². The fraction of sp³-hybridized carbons (Fsp3) is 0.381. The number of carbonyl (C=O) groups excluding carboxylic acids is 1. The molecule has 0 bridgehead atoms. The van der Waals surface area contributed by atoms with E-state index >= 15 is 0 Å². The summed E-state index contributed by atoms with van der Waals surface area (Å²) in [6.45, 7) is 4.17. The number of ether oxygens (including phenoxy) is 2. The Balaban J connectivity index is 1.49. The zero-order chi connectivity index (χ0) is 23.8. The van der Waals surface area contributed by atoms with E-state index in [2.05, 4.69) is 15.4 Å². The molecule has 0 saturated carbocycles. The maximum absolute atomic E-state index is 14.4. The number of fused-ring (bicyclic) bond motifs is 1. The van der Waals surface area contributed by atoms with Crippen LogP contribution in [-0.4, -0.2) is 66.3 Å². The third kappa shape index (κ3) is 4.68. The van der Waals surface area contributed by atoms with Gasteiger partial charge in [0.2, 0.25) is 15.9 Å². The van der Waals surface area contributed by atoms with E-state index in [1.165, 1.54) is 6.07 Å². The molecule has 0 unspecified atom stereocenters. The van der Waals surface area contributed by atoms with Crippen molar-refractivity contribution in [3.8, 4) is 5.88 Å². The van der Waals surface area contributed by atoms with Gasteiger partial charge in [-0.15, -0.1) is 5.10 Å². The van der Waals surface area contributed by atoms with Gasteiger partial charge in [-0.25, -0.2) is 22.5 Å². The molecule has 1 N–H and O–H groups in total. The highest BCUT2D eigenvalue weighted by atomic mass is 32.2. The normalized spacial score (nSPS) is 15.0. The van der Waals surface area contributed by atoms with Crippen LogP contribution in [0.3, 0.4) is 0 Å². The molecular weight excluding hydrogens is 453 g/mol. The number of hydrogen-bond donors (Lipinski definition) is 1. The third-order valence-electron chi connectivity index (χ3n) is 5.23. The Hall–Kier alpha value is -3.09. The number of aryl methyl sites for hydroxylation is 3. The highest BCUT2D eigenvalue weighted by Gasteiger charge is 2.29. The van der Waals surface area contributed by atoms with Crippen molar-refractivity contribution >= 4 is 32.7 Å². The molecule has 4 rings (SSSR count). The van der Waals surface area contributed by atoms with Gasteiger partial charge in [-0.2, -0.15) is 4.31 Å². The van der Waals surface area contributed by atoms with Gasteiger partial charge in [0.25, 0.3) is 5.91 Å². The largest absolute Gasteiger partial charge is 0.466 e. The quantitative estimate of drug-likeness (QED) is 0.575. The van der Waals surface area contributed by atoms with Crippen LogP contribution >= 0.6 is 0 Å². The Morgan fingerprint density at radius 2 is 1.97 bits per heavy atom. The Kier molecular flexibility index (Phi) is 6.32. The number of sulfonamides is 1. The lowest BCUT2D eigenvalue weighted by molar-refractivity contribution is -0.118. The summed E-state index contributed by atoms with van der Waals surface area (Å²) in [4.78, 5) is 16.4. The topological polar surface area (TPSA) is 116 Å². The summed E-state index contributed by atoms with van der Waals surface area (Å²) in [7, 11) is -2.33. The number of amides is 1. The summed E-state index contributed by atoms with van der Waals surface area (Å²) in [5, 5.41) is 7.54. The number of aromatic nitrogens is 3. The van der Waals surface area contributed by atoms with Crippen LogP contribution in [0.15, 0.2) is 29.2 Å². The van der Waals surface area contributed by atoms with Crippen molar-refractivity contribution < 1.29 is 27.1 Å². The van der Waals surface area contributed by atoms with Gasteiger partial charge in [-0.3, -0.25) is 4.79 Å². The zero-order valence-corrected chi connectivity index (χ0v) is 19.3. The number of rotatable bonds is 6. The average Bonchev–Trinajstić information content (AvgIpc) is 3.10. The van der Waals surface area contributed by atoms with Crippen LogP contribution in [0.2, 0.25) is 0 Å². The minimum absolute atomic E-state index is 0.135. The first kappa shape index (κ1) is 23.1. The minimum atomic E-state index is -4.06. The monoisotopic (exact) mass is 477 g/mol. The molecule has 0 radical (unpaired) electrons. The molecule has 10 nitrogen and oxygen atoms in total. The summed E-state index contributed by atoms with van der Waals surface area (Å²) >= 11 is 0. The second-order valence-electron chi connectivity index (χ2n) is 7.71. The average molecular weight is 478 g/mol. The van der Waals surface area contributed by atoms with E-state index in [0.29, 0.717) is 11.0 Å². The van der Waals surface area contributed by atoms with Crippen LogP contribution < -0.4 is 10.1 Å². The van der Waals surface area contributed by atoms with Gasteiger partial charge in [0, 0.05) is 31.5 Å². The maximum atomic E-state index is 14.4. The van der Waals surface area contributed by atoms with Gasteiger partial charge in [-0.05, 0) is 43.7 Å². The highest BCUT2D eigenvalue weighted by Crippen LogP contribution is 2.27. The molecular formula is C21H24FN5O5S. The second-order valence-corrected chi connectivity index (χ2v) is 9.61. The first-order valence-electron chi connectivity index (χ1n) is 10.3. The van der Waals surface area contributed by atoms with Crippen molar-refractivity contribution in [2.24, 2.45) is 7.05 Å². The molecule has 1 fully saturated rings. The summed E-state index contributed by atoms with van der Waals surface area (Å²) in [5.41, 5.74) is 2.53. The lowest BCUT2D eigenvalue weighted by Gasteiger charge is -2.26. The minimum Gasteiger partial charge on any atom is -0.466 e. The summed E-state index contributed by atoms with van der Waals surface area (Å²) < 4.78 is 53.5. The highest BCUT2D eigenvalue weighted by molar-refractivity contribution is 7.89. The van der Waals surface area contributed by atoms with Gasteiger partial charge in [0.15, 0.2) is 12.3 Å². The third-order valence-corrected chi connectivity index (χ3v) is 7.14. The van der Waals surface area contributed by atoms with Crippen LogP contribution in [0.25, 0.3) is 11.0 Å². The molecule has 33 heavy (non-hydrogen) atoms. The first-order valence-corrected chi connectivity index (χ1v) is 11.7. The summed E-state index contributed by atoms with van der Waals surface area (Å²) in [6.07, 6.45) is 0. The number of nitrogens with one attached hydrogen (secondary N) is 1. The van der Waals surface area contributed by atoms with Gasteiger partial charge in [0.1, 0.15) is 10.7 Å². The van der Waals surface area contributed by atoms with Crippen LogP contribution in [-0.2, 0) is 26.6 Å². The fourth-order valence-electron chi connectivity index (χ4n) is 3.69. The fourth-order valence-corrected chi connectivity index (χ4v) is 5.18. The van der Waals surface area contributed by atoms with Gasteiger partial charge in [-0.1, -0.05) is 0 Å². The van der Waals surface area contributed by atoms with Gasteiger partial charge in [0.05, 0.1) is 18.6 Å². The molecule has 0 spiro atoms. The number of nitrogens with zero attached hydrogens (tertiary/aromatic N) is 4. The Morgan fingerprint density at radius 1 is 1.24 bits per heavy atom. The molecule has 3 heterocycles. The Bertz CT molecular complexity index is 1320. The molecule has 1 saturated heterocycles. The van der Waals surface area contributed by atoms with Crippen molar-refractivity contribution in [2.45, 2.75) is 18.7 Å². The van der Waals surface area contributed by atoms with E-state index in [9.17, 15) is 17.6 Å². The molecule has 1 aromatic carbocycles. The van der Waals surface area contributed by atoms with Crippen molar-refractivity contribution in [2.75, 3.05) is 38.2 Å². The number of anilines is 1. The van der Waals surface area contributed by atoms with E-state index in [0.717, 1.165) is 27.7 Å².